The smallest absolute Gasteiger partial charge is 0.315 e. The highest BCUT2D eigenvalue weighted by atomic mass is 35.5. The van der Waals surface area contributed by atoms with Gasteiger partial charge in [-0.05, 0) is 49.8 Å². The Morgan fingerprint density at radius 3 is 2.39 bits per heavy atom. The molecule has 1 aliphatic carbocycles. The van der Waals surface area contributed by atoms with E-state index in [9.17, 15) is 13.2 Å². The summed E-state index contributed by atoms with van der Waals surface area (Å²) in [5.41, 5.74) is 0. The van der Waals surface area contributed by atoms with Crippen molar-refractivity contribution < 1.29 is 13.2 Å². The molecule has 1 unspecified atom stereocenters. The number of amides is 2. The summed E-state index contributed by atoms with van der Waals surface area (Å²) >= 11 is 5.96. The largest absolute Gasteiger partial charge is 0.338 e. The minimum atomic E-state index is -3.57. The summed E-state index contributed by atoms with van der Waals surface area (Å²) in [6.45, 7) is 1.40. The summed E-state index contributed by atoms with van der Waals surface area (Å²) in [6, 6.07) is 6.50. The van der Waals surface area contributed by atoms with Crippen LogP contribution in [-0.2, 0) is 10.0 Å². The molecular weight excluding hydrogens is 434 g/mol. The first-order valence-corrected chi connectivity index (χ1v) is 12.6. The van der Waals surface area contributed by atoms with Crippen molar-refractivity contribution >= 4 is 27.7 Å². The Morgan fingerprint density at radius 1 is 1.03 bits per heavy atom. The predicted molar refractivity (Wildman–Crippen MR) is 129 cm³/mol. The fourth-order valence-corrected chi connectivity index (χ4v) is 6.12. The van der Waals surface area contributed by atoms with Gasteiger partial charge in [0.1, 0.15) is 0 Å². The van der Waals surface area contributed by atoms with Crippen LogP contribution < -0.4 is 10.6 Å². The fourth-order valence-electron chi connectivity index (χ4n) is 4.26. The maximum absolute atomic E-state index is 12.9. The lowest BCUT2D eigenvalue weighted by atomic mass is 9.97. The molecular formula is C23H40ClN3O3S. The Kier molecular flexibility index (Phi) is 11.9. The predicted octanol–water partition coefficient (Wildman–Crippen LogP) is 5.43. The van der Waals surface area contributed by atoms with E-state index < -0.39 is 10.0 Å². The van der Waals surface area contributed by atoms with Crippen molar-refractivity contribution in [1.29, 1.82) is 0 Å². The van der Waals surface area contributed by atoms with Gasteiger partial charge in [-0.1, -0.05) is 64.6 Å². The molecule has 2 aliphatic rings. The number of urea groups is 1. The molecule has 6 nitrogen and oxygen atoms in total. The molecule has 0 bridgehead atoms. The Labute approximate surface area is 194 Å². The van der Waals surface area contributed by atoms with Crippen LogP contribution in [0.25, 0.3) is 0 Å². The molecule has 1 heterocycles. The number of nitrogens with zero attached hydrogens (tertiary/aromatic N) is 1. The number of nitrogens with one attached hydrogen (secondary N) is 2. The maximum atomic E-state index is 12.9. The second kappa shape index (κ2) is 13.3. The van der Waals surface area contributed by atoms with Crippen molar-refractivity contribution in [3.63, 3.8) is 0 Å². The lowest BCUT2D eigenvalue weighted by Crippen LogP contribution is -2.47. The fraction of sp³-hybridized carbons (Fsp3) is 0.696. The number of halogens is 1. The number of rotatable bonds is 5. The summed E-state index contributed by atoms with van der Waals surface area (Å²) in [4.78, 5) is 12.5. The third kappa shape index (κ3) is 8.28. The normalized spacial score (nSPS) is 21.0. The molecule has 178 valence electrons. The molecule has 0 aromatic heterocycles. The molecule has 0 spiro atoms. The number of sulfonamides is 1. The third-order valence-corrected chi connectivity index (χ3v) is 8.00. The molecule has 8 heteroatoms. The molecule has 1 aromatic carbocycles. The van der Waals surface area contributed by atoms with Crippen LogP contribution in [0.15, 0.2) is 29.2 Å². The summed E-state index contributed by atoms with van der Waals surface area (Å²) in [6.07, 6.45) is 9.92. The van der Waals surface area contributed by atoms with Gasteiger partial charge in [-0.25, -0.2) is 13.2 Å². The first kappa shape index (κ1) is 27.7. The van der Waals surface area contributed by atoms with Crippen molar-refractivity contribution in [2.45, 2.75) is 83.6 Å². The number of hydrogen-bond donors (Lipinski definition) is 2. The SMILES string of the molecule is C.C.O=C(NCC1CCCN(S(=O)(=O)c2cccc(Cl)c2)C1)NC1CCCCCCC1. The van der Waals surface area contributed by atoms with E-state index in [2.05, 4.69) is 10.6 Å². The molecule has 1 saturated carbocycles. The third-order valence-electron chi connectivity index (χ3n) is 5.91. The van der Waals surface area contributed by atoms with Crippen molar-refractivity contribution in [3.05, 3.63) is 29.3 Å². The van der Waals surface area contributed by atoms with Gasteiger partial charge in [0.15, 0.2) is 0 Å². The first-order chi connectivity index (χ1) is 13.9. The van der Waals surface area contributed by atoms with Crippen LogP contribution in [-0.4, -0.2) is 44.4 Å². The van der Waals surface area contributed by atoms with Gasteiger partial charge < -0.3 is 10.6 Å². The maximum Gasteiger partial charge on any atom is 0.315 e. The first-order valence-electron chi connectivity index (χ1n) is 10.8. The minimum Gasteiger partial charge on any atom is -0.338 e. The van der Waals surface area contributed by atoms with Crippen LogP contribution >= 0.6 is 11.6 Å². The lowest BCUT2D eigenvalue weighted by Gasteiger charge is -2.32. The highest BCUT2D eigenvalue weighted by Crippen LogP contribution is 2.25. The lowest BCUT2D eigenvalue weighted by molar-refractivity contribution is 0.224. The van der Waals surface area contributed by atoms with E-state index in [1.54, 1.807) is 18.2 Å². The van der Waals surface area contributed by atoms with Crippen LogP contribution in [0.5, 0.6) is 0 Å². The minimum absolute atomic E-state index is 0. The molecule has 2 N–H and O–H groups in total. The average Bonchev–Trinajstić information content (AvgIpc) is 2.68. The van der Waals surface area contributed by atoms with Gasteiger partial charge in [0.25, 0.3) is 0 Å². The zero-order chi connectivity index (χ0) is 20.7. The molecule has 1 aromatic rings. The molecule has 0 radical (unpaired) electrons. The summed E-state index contributed by atoms with van der Waals surface area (Å²) in [7, 11) is -3.57. The number of hydrogen-bond acceptors (Lipinski definition) is 3. The zero-order valence-electron chi connectivity index (χ0n) is 16.9. The summed E-state index contributed by atoms with van der Waals surface area (Å²) < 4.78 is 27.3. The topological polar surface area (TPSA) is 78.5 Å². The second-order valence-corrected chi connectivity index (χ2v) is 10.6. The average molecular weight is 474 g/mol. The van der Waals surface area contributed by atoms with Crippen LogP contribution in [0.1, 0.15) is 72.6 Å². The molecule has 1 saturated heterocycles. The number of carbonyl (C=O) groups is 1. The van der Waals surface area contributed by atoms with Crippen LogP contribution in [0.4, 0.5) is 4.79 Å². The molecule has 31 heavy (non-hydrogen) atoms. The second-order valence-electron chi connectivity index (χ2n) is 8.23. The Bertz CT molecular complexity index is 780. The molecule has 3 rings (SSSR count). The van der Waals surface area contributed by atoms with Crippen molar-refractivity contribution in [2.24, 2.45) is 5.92 Å². The van der Waals surface area contributed by atoms with Gasteiger partial charge in [0.2, 0.25) is 10.0 Å². The molecule has 1 atom stereocenters. The Morgan fingerprint density at radius 2 is 1.71 bits per heavy atom. The van der Waals surface area contributed by atoms with Crippen molar-refractivity contribution in [2.75, 3.05) is 19.6 Å². The van der Waals surface area contributed by atoms with Crippen LogP contribution in [0.2, 0.25) is 5.02 Å². The standard InChI is InChI=1S/C21H32ClN3O3S.2CH4/c22-18-9-6-12-20(14-18)29(27,28)25-13-7-8-17(16-25)15-23-21(26)24-19-10-4-2-1-3-5-11-19;;/h6,9,12,14,17,19H,1-5,7-8,10-11,13,15-16H2,(H2,23,24,26);2*1H4. The number of benzene rings is 1. The van der Waals surface area contributed by atoms with Crippen molar-refractivity contribution in [3.8, 4) is 0 Å². The zero-order valence-corrected chi connectivity index (χ0v) is 18.5. The van der Waals surface area contributed by atoms with Crippen LogP contribution in [0.3, 0.4) is 0 Å². The van der Waals surface area contributed by atoms with E-state index >= 15 is 0 Å². The van der Waals surface area contributed by atoms with Gasteiger partial charge >= 0.3 is 6.03 Å². The number of carbonyl (C=O) groups excluding carboxylic acids is 1. The van der Waals surface area contributed by atoms with Crippen LogP contribution in [0, 0.1) is 5.92 Å². The van der Waals surface area contributed by atoms with E-state index in [0.717, 1.165) is 25.7 Å². The monoisotopic (exact) mass is 473 g/mol. The van der Waals surface area contributed by atoms with Gasteiger partial charge in [-0.2, -0.15) is 4.31 Å². The highest BCUT2D eigenvalue weighted by molar-refractivity contribution is 7.89. The molecule has 1 aliphatic heterocycles. The van der Waals surface area contributed by atoms with Gasteiger partial charge in [0, 0.05) is 30.7 Å². The van der Waals surface area contributed by atoms with E-state index in [1.165, 1.54) is 42.5 Å². The van der Waals surface area contributed by atoms with E-state index in [1.807, 2.05) is 0 Å². The highest BCUT2D eigenvalue weighted by Gasteiger charge is 2.30. The Hall–Kier alpha value is -1.31. The van der Waals surface area contributed by atoms with Gasteiger partial charge in [0.05, 0.1) is 4.90 Å². The van der Waals surface area contributed by atoms with E-state index in [-0.39, 0.29) is 37.7 Å². The Balaban J connectivity index is 0.00000240. The van der Waals surface area contributed by atoms with Gasteiger partial charge in [-0.3, -0.25) is 0 Å². The summed E-state index contributed by atoms with van der Waals surface area (Å²) in [5, 5.41) is 6.48. The summed E-state index contributed by atoms with van der Waals surface area (Å²) in [5.74, 6) is 0.112. The quantitative estimate of drug-likeness (QED) is 0.598. The van der Waals surface area contributed by atoms with E-state index in [4.69, 9.17) is 11.6 Å². The molecule has 2 fully saturated rings. The van der Waals surface area contributed by atoms with Crippen molar-refractivity contribution in [1.82, 2.24) is 14.9 Å². The molecule has 2 amide bonds. The van der Waals surface area contributed by atoms with E-state index in [0.29, 0.717) is 24.7 Å². The number of piperidine rings is 1. The van der Waals surface area contributed by atoms with Gasteiger partial charge in [-0.15, -0.1) is 0 Å².